The number of likely N-dealkylation sites (tertiary alicyclic amines) is 1. The number of hydrogen-bond donors (Lipinski definition) is 1. The maximum atomic E-state index is 12.8. The zero-order valence-electron chi connectivity index (χ0n) is 14.3. The van der Waals surface area contributed by atoms with E-state index in [-0.39, 0.29) is 5.78 Å². The van der Waals surface area contributed by atoms with Crippen LogP contribution < -0.4 is 0 Å². The third-order valence-electron chi connectivity index (χ3n) is 5.24. The van der Waals surface area contributed by atoms with Gasteiger partial charge in [0.25, 0.3) is 0 Å². The lowest BCUT2D eigenvalue weighted by molar-refractivity contribution is 0.103. The van der Waals surface area contributed by atoms with Crippen molar-refractivity contribution < 1.29 is 4.79 Å². The number of aromatic nitrogens is 1. The van der Waals surface area contributed by atoms with Crippen molar-refractivity contribution in [3.8, 4) is 0 Å². The van der Waals surface area contributed by atoms with E-state index in [4.69, 9.17) is 11.6 Å². The summed E-state index contributed by atoms with van der Waals surface area (Å²) in [6.07, 6.45) is 4.45. The van der Waals surface area contributed by atoms with Crippen LogP contribution in [0.1, 0.15) is 40.2 Å². The number of rotatable bonds is 3. The molecule has 2 aromatic carbocycles. The molecule has 0 bridgehead atoms. The molecule has 25 heavy (non-hydrogen) atoms. The Morgan fingerprint density at radius 3 is 2.48 bits per heavy atom. The van der Waals surface area contributed by atoms with Crippen molar-refractivity contribution in [1.29, 1.82) is 0 Å². The van der Waals surface area contributed by atoms with E-state index in [2.05, 4.69) is 23.1 Å². The molecule has 1 N–H and O–H groups in total. The Kier molecular flexibility index (Phi) is 4.36. The van der Waals surface area contributed by atoms with Gasteiger partial charge in [0.05, 0.1) is 0 Å². The van der Waals surface area contributed by atoms with E-state index < -0.39 is 0 Å². The number of nitrogens with zero attached hydrogens (tertiary/aromatic N) is 1. The van der Waals surface area contributed by atoms with Crippen LogP contribution in [-0.2, 0) is 0 Å². The topological polar surface area (TPSA) is 36.1 Å². The van der Waals surface area contributed by atoms with Crippen LogP contribution in [0.2, 0.25) is 5.02 Å². The average molecular weight is 353 g/mol. The van der Waals surface area contributed by atoms with Crippen molar-refractivity contribution in [1.82, 2.24) is 9.88 Å². The molecule has 0 aliphatic carbocycles. The predicted octanol–water partition coefficient (Wildman–Crippen LogP) is 4.86. The first-order chi connectivity index (χ1) is 12.1. The zero-order valence-corrected chi connectivity index (χ0v) is 15.0. The summed E-state index contributed by atoms with van der Waals surface area (Å²) in [5.41, 5.74) is 3.83. The summed E-state index contributed by atoms with van der Waals surface area (Å²) in [7, 11) is 2.17. The van der Waals surface area contributed by atoms with E-state index in [0.717, 1.165) is 24.2 Å². The van der Waals surface area contributed by atoms with Crippen molar-refractivity contribution in [2.45, 2.75) is 18.8 Å². The fourth-order valence-corrected chi connectivity index (χ4v) is 3.83. The van der Waals surface area contributed by atoms with Crippen LogP contribution in [0.25, 0.3) is 10.9 Å². The van der Waals surface area contributed by atoms with E-state index in [1.54, 1.807) is 24.3 Å². The standard InChI is InChI=1S/C21H21ClN2O/c1-24-10-8-14(9-11-24)19-13-23-20-7-4-16(12-18(19)20)21(25)15-2-5-17(22)6-3-15/h2-7,12-14,23H,8-11H2,1H3. The normalized spacial score (nSPS) is 16.4. The molecule has 1 saturated heterocycles. The van der Waals surface area contributed by atoms with Crippen LogP contribution >= 0.6 is 11.6 Å². The largest absolute Gasteiger partial charge is 0.361 e. The third kappa shape index (κ3) is 3.22. The van der Waals surface area contributed by atoms with E-state index in [1.165, 1.54) is 23.8 Å². The number of halogens is 1. The monoisotopic (exact) mass is 352 g/mol. The number of benzene rings is 2. The molecule has 0 radical (unpaired) electrons. The highest BCUT2D eigenvalue weighted by Gasteiger charge is 2.21. The minimum absolute atomic E-state index is 0.0362. The fourth-order valence-electron chi connectivity index (χ4n) is 3.71. The molecule has 0 unspecified atom stereocenters. The van der Waals surface area contributed by atoms with Gasteiger partial charge in [-0.3, -0.25) is 4.79 Å². The summed E-state index contributed by atoms with van der Waals surface area (Å²) in [4.78, 5) is 18.5. The van der Waals surface area contributed by atoms with E-state index in [0.29, 0.717) is 16.5 Å². The average Bonchev–Trinajstić information content (AvgIpc) is 3.05. The van der Waals surface area contributed by atoms with Gasteiger partial charge in [-0.1, -0.05) is 11.6 Å². The number of ketones is 1. The number of piperidine rings is 1. The Morgan fingerprint density at radius 2 is 1.76 bits per heavy atom. The first kappa shape index (κ1) is 16.4. The van der Waals surface area contributed by atoms with Crippen molar-refractivity contribution in [2.75, 3.05) is 20.1 Å². The Hall–Kier alpha value is -2.10. The summed E-state index contributed by atoms with van der Waals surface area (Å²) >= 11 is 5.92. The molecule has 3 nitrogen and oxygen atoms in total. The van der Waals surface area contributed by atoms with Crippen LogP contribution in [0.5, 0.6) is 0 Å². The van der Waals surface area contributed by atoms with Crippen molar-refractivity contribution in [2.24, 2.45) is 0 Å². The molecule has 3 aromatic rings. The molecular formula is C21H21ClN2O. The van der Waals surface area contributed by atoms with Gasteiger partial charge in [-0.15, -0.1) is 0 Å². The Balaban J connectivity index is 1.68. The fraction of sp³-hybridized carbons (Fsp3) is 0.286. The highest BCUT2D eigenvalue weighted by atomic mass is 35.5. The number of carbonyl (C=O) groups is 1. The molecule has 0 atom stereocenters. The van der Waals surface area contributed by atoms with Crippen LogP contribution in [0.3, 0.4) is 0 Å². The molecule has 1 aliphatic heterocycles. The summed E-state index contributed by atoms with van der Waals surface area (Å²) in [6, 6.07) is 13.0. The SMILES string of the molecule is CN1CCC(c2c[nH]c3ccc(C(=O)c4ccc(Cl)cc4)cc23)CC1. The molecule has 1 aliphatic rings. The van der Waals surface area contributed by atoms with Gasteiger partial charge in [-0.25, -0.2) is 0 Å². The lowest BCUT2D eigenvalue weighted by atomic mass is 9.88. The maximum Gasteiger partial charge on any atom is 0.193 e. The first-order valence-corrected chi connectivity index (χ1v) is 9.09. The second-order valence-electron chi connectivity index (χ2n) is 6.92. The van der Waals surface area contributed by atoms with Gasteiger partial charge < -0.3 is 9.88 Å². The summed E-state index contributed by atoms with van der Waals surface area (Å²) < 4.78 is 0. The number of carbonyl (C=O) groups excluding carboxylic acids is 1. The second kappa shape index (κ2) is 6.66. The molecule has 0 saturated carbocycles. The van der Waals surface area contributed by atoms with E-state index >= 15 is 0 Å². The molecule has 4 heteroatoms. The smallest absolute Gasteiger partial charge is 0.193 e. The molecule has 0 spiro atoms. The zero-order chi connectivity index (χ0) is 17.4. The van der Waals surface area contributed by atoms with Gasteiger partial charge in [-0.05, 0) is 86.9 Å². The minimum Gasteiger partial charge on any atom is -0.361 e. The second-order valence-corrected chi connectivity index (χ2v) is 7.35. The Bertz CT molecular complexity index is 905. The Labute approximate surface area is 152 Å². The van der Waals surface area contributed by atoms with Crippen LogP contribution in [0.15, 0.2) is 48.7 Å². The maximum absolute atomic E-state index is 12.8. The summed E-state index contributed by atoms with van der Waals surface area (Å²) in [5, 5.41) is 1.82. The van der Waals surface area contributed by atoms with Crippen molar-refractivity contribution in [3.05, 3.63) is 70.4 Å². The third-order valence-corrected chi connectivity index (χ3v) is 5.49. The lowest BCUT2D eigenvalue weighted by Gasteiger charge is -2.28. The van der Waals surface area contributed by atoms with Gasteiger partial charge in [0, 0.05) is 33.2 Å². The predicted molar refractivity (Wildman–Crippen MR) is 103 cm³/mol. The molecule has 128 valence electrons. The van der Waals surface area contributed by atoms with Gasteiger partial charge in [0.2, 0.25) is 0 Å². The van der Waals surface area contributed by atoms with Gasteiger partial charge in [-0.2, -0.15) is 0 Å². The number of H-pyrrole nitrogens is 1. The van der Waals surface area contributed by atoms with Crippen molar-refractivity contribution >= 4 is 28.3 Å². The molecule has 1 fully saturated rings. The van der Waals surface area contributed by atoms with E-state index in [1.807, 2.05) is 18.2 Å². The van der Waals surface area contributed by atoms with Crippen LogP contribution in [0.4, 0.5) is 0 Å². The first-order valence-electron chi connectivity index (χ1n) is 8.71. The van der Waals surface area contributed by atoms with Crippen LogP contribution in [-0.4, -0.2) is 35.8 Å². The Morgan fingerprint density at radius 1 is 1.08 bits per heavy atom. The van der Waals surface area contributed by atoms with Gasteiger partial charge >= 0.3 is 0 Å². The quantitative estimate of drug-likeness (QED) is 0.683. The number of hydrogen-bond acceptors (Lipinski definition) is 2. The molecular weight excluding hydrogens is 332 g/mol. The number of nitrogens with one attached hydrogen (secondary N) is 1. The number of fused-ring (bicyclic) bond motifs is 1. The highest BCUT2D eigenvalue weighted by Crippen LogP contribution is 2.33. The lowest BCUT2D eigenvalue weighted by Crippen LogP contribution is -2.29. The van der Waals surface area contributed by atoms with E-state index in [9.17, 15) is 4.79 Å². The molecule has 2 heterocycles. The molecule has 0 amide bonds. The summed E-state index contributed by atoms with van der Waals surface area (Å²) in [5.74, 6) is 0.597. The van der Waals surface area contributed by atoms with Crippen molar-refractivity contribution in [3.63, 3.8) is 0 Å². The van der Waals surface area contributed by atoms with Gasteiger partial charge in [0.15, 0.2) is 5.78 Å². The molecule has 4 rings (SSSR count). The summed E-state index contributed by atoms with van der Waals surface area (Å²) in [6.45, 7) is 2.25. The highest BCUT2D eigenvalue weighted by molar-refractivity contribution is 6.30. The van der Waals surface area contributed by atoms with Gasteiger partial charge in [0.1, 0.15) is 0 Å². The minimum atomic E-state index is 0.0362. The van der Waals surface area contributed by atoms with Crippen LogP contribution in [0, 0.1) is 0 Å². The number of aromatic amines is 1. The molecule has 1 aromatic heterocycles.